The lowest BCUT2D eigenvalue weighted by molar-refractivity contribution is -0.141. The van der Waals surface area contributed by atoms with Crippen molar-refractivity contribution in [1.82, 2.24) is 0 Å². The number of hydrogen-bond acceptors (Lipinski definition) is 5. The van der Waals surface area contributed by atoms with Gasteiger partial charge in [-0.2, -0.15) is 0 Å². The van der Waals surface area contributed by atoms with E-state index in [1.807, 2.05) is 36.4 Å². The van der Waals surface area contributed by atoms with Gasteiger partial charge in [-0.15, -0.1) is 0 Å². The fraction of sp³-hybridized carbons (Fsp3) is 0.174. The first-order valence-electron chi connectivity index (χ1n) is 9.04. The third-order valence-electron chi connectivity index (χ3n) is 4.78. The summed E-state index contributed by atoms with van der Waals surface area (Å²) < 4.78 is 10.1. The van der Waals surface area contributed by atoms with Crippen molar-refractivity contribution in [2.45, 2.75) is 20.5 Å². The molecule has 1 aliphatic heterocycles. The van der Waals surface area contributed by atoms with Crippen LogP contribution >= 0.6 is 0 Å². The molecule has 0 aliphatic carbocycles. The van der Waals surface area contributed by atoms with E-state index < -0.39 is 17.9 Å². The minimum atomic E-state index is -0.704. The topological polar surface area (TPSA) is 69.7 Å². The van der Waals surface area contributed by atoms with E-state index in [0.717, 1.165) is 22.1 Å². The van der Waals surface area contributed by atoms with Crippen LogP contribution in [0.2, 0.25) is 0 Å². The average molecular weight is 374 g/mol. The Morgan fingerprint density at radius 3 is 2.50 bits per heavy atom. The molecule has 0 spiro atoms. The molecule has 3 aromatic carbocycles. The molecule has 140 valence electrons. The lowest BCUT2D eigenvalue weighted by atomic mass is 9.90. The summed E-state index contributed by atoms with van der Waals surface area (Å²) in [5.41, 5.74) is 3.47. The van der Waals surface area contributed by atoms with Gasteiger partial charge in [-0.25, -0.2) is 9.59 Å². The average Bonchev–Trinajstić information content (AvgIpc) is 3.06. The monoisotopic (exact) mass is 374 g/mol. The Morgan fingerprint density at radius 2 is 1.79 bits per heavy atom. The summed E-state index contributed by atoms with van der Waals surface area (Å²) in [6.07, 6.45) is 0. The number of esters is 3. The first-order chi connectivity index (χ1) is 13.5. The van der Waals surface area contributed by atoms with Gasteiger partial charge in [0.05, 0.1) is 17.0 Å². The zero-order chi connectivity index (χ0) is 19.8. The van der Waals surface area contributed by atoms with E-state index in [1.54, 1.807) is 32.0 Å². The molecule has 1 aliphatic rings. The lowest BCUT2D eigenvalue weighted by Gasteiger charge is -2.13. The van der Waals surface area contributed by atoms with Gasteiger partial charge in [0.1, 0.15) is 6.61 Å². The van der Waals surface area contributed by atoms with Crippen molar-refractivity contribution in [1.29, 1.82) is 0 Å². The number of benzene rings is 3. The van der Waals surface area contributed by atoms with Gasteiger partial charge in [0, 0.05) is 5.56 Å². The van der Waals surface area contributed by atoms with Gasteiger partial charge >= 0.3 is 17.9 Å². The fourth-order valence-electron chi connectivity index (χ4n) is 3.33. The van der Waals surface area contributed by atoms with Gasteiger partial charge in [-0.3, -0.25) is 4.79 Å². The van der Waals surface area contributed by atoms with Gasteiger partial charge in [-0.05, 0) is 40.1 Å². The SMILES string of the molecule is CC(C)C(=O)OC(=O)c1ccc2c(-c3ccccc3)c3c(cc2c1)C(=O)OC3. The molecule has 0 bridgehead atoms. The number of cyclic esters (lactones) is 1. The van der Waals surface area contributed by atoms with E-state index in [0.29, 0.717) is 10.9 Å². The van der Waals surface area contributed by atoms with E-state index in [9.17, 15) is 14.4 Å². The maximum Gasteiger partial charge on any atom is 0.345 e. The third-order valence-corrected chi connectivity index (χ3v) is 4.78. The van der Waals surface area contributed by atoms with Crippen molar-refractivity contribution in [3.05, 3.63) is 71.3 Å². The molecule has 5 heteroatoms. The molecule has 4 rings (SSSR count). The van der Waals surface area contributed by atoms with Crippen LogP contribution < -0.4 is 0 Å². The number of fused-ring (bicyclic) bond motifs is 2. The summed E-state index contributed by atoms with van der Waals surface area (Å²) in [5, 5.41) is 1.61. The molecule has 0 radical (unpaired) electrons. The molecule has 0 aromatic heterocycles. The molecule has 0 amide bonds. The molecule has 0 fully saturated rings. The quantitative estimate of drug-likeness (QED) is 0.498. The van der Waals surface area contributed by atoms with Crippen molar-refractivity contribution < 1.29 is 23.9 Å². The molecule has 0 saturated heterocycles. The standard InChI is InChI=1S/C23H18O5/c1-13(2)21(24)28-22(25)15-8-9-17-16(10-15)11-18-19(12-27-23(18)26)20(17)14-6-4-3-5-7-14/h3-11,13H,12H2,1-2H3. The van der Waals surface area contributed by atoms with Crippen LogP contribution in [0.15, 0.2) is 54.6 Å². The van der Waals surface area contributed by atoms with Crippen LogP contribution in [0.25, 0.3) is 21.9 Å². The van der Waals surface area contributed by atoms with Crippen LogP contribution in [0.3, 0.4) is 0 Å². The Bertz CT molecular complexity index is 1110. The van der Waals surface area contributed by atoms with Crippen molar-refractivity contribution >= 4 is 28.7 Å². The van der Waals surface area contributed by atoms with Crippen LogP contribution in [0.1, 0.15) is 40.1 Å². The van der Waals surface area contributed by atoms with Gasteiger partial charge in [0.2, 0.25) is 0 Å². The highest BCUT2D eigenvalue weighted by Crippen LogP contribution is 2.38. The minimum absolute atomic E-state index is 0.223. The van der Waals surface area contributed by atoms with Crippen LogP contribution in [0.4, 0.5) is 0 Å². The Kier molecular flexibility index (Phi) is 4.43. The van der Waals surface area contributed by atoms with E-state index in [-0.39, 0.29) is 18.1 Å². The minimum Gasteiger partial charge on any atom is -0.457 e. The van der Waals surface area contributed by atoms with Crippen LogP contribution in [-0.2, 0) is 20.9 Å². The maximum absolute atomic E-state index is 12.3. The Labute approximate surface area is 161 Å². The summed E-state index contributed by atoms with van der Waals surface area (Å²) in [5.74, 6) is -2.05. The molecule has 3 aromatic rings. The molecular formula is C23H18O5. The number of rotatable bonds is 3. The summed E-state index contributed by atoms with van der Waals surface area (Å²) >= 11 is 0. The zero-order valence-electron chi connectivity index (χ0n) is 15.5. The highest BCUT2D eigenvalue weighted by atomic mass is 16.6. The molecule has 0 N–H and O–H groups in total. The lowest BCUT2D eigenvalue weighted by Crippen LogP contribution is -2.17. The zero-order valence-corrected chi connectivity index (χ0v) is 15.5. The van der Waals surface area contributed by atoms with E-state index in [2.05, 4.69) is 0 Å². The highest BCUT2D eigenvalue weighted by Gasteiger charge is 2.27. The predicted octanol–water partition coefficient (Wildman–Crippen LogP) is 4.52. The van der Waals surface area contributed by atoms with Crippen molar-refractivity contribution in [3.63, 3.8) is 0 Å². The molecule has 0 saturated carbocycles. The second-order valence-electron chi connectivity index (χ2n) is 7.02. The van der Waals surface area contributed by atoms with E-state index >= 15 is 0 Å². The van der Waals surface area contributed by atoms with Crippen molar-refractivity contribution in [3.8, 4) is 11.1 Å². The van der Waals surface area contributed by atoms with Crippen molar-refractivity contribution in [2.24, 2.45) is 5.92 Å². The summed E-state index contributed by atoms with van der Waals surface area (Å²) in [7, 11) is 0. The summed E-state index contributed by atoms with van der Waals surface area (Å²) in [6, 6.07) is 16.6. The fourth-order valence-corrected chi connectivity index (χ4v) is 3.33. The molecule has 28 heavy (non-hydrogen) atoms. The van der Waals surface area contributed by atoms with Gasteiger partial charge in [0.25, 0.3) is 0 Å². The molecule has 1 heterocycles. The van der Waals surface area contributed by atoms with E-state index in [4.69, 9.17) is 9.47 Å². The van der Waals surface area contributed by atoms with Gasteiger partial charge in [-0.1, -0.05) is 50.2 Å². The largest absolute Gasteiger partial charge is 0.457 e. The Morgan fingerprint density at radius 1 is 1.04 bits per heavy atom. The molecular weight excluding hydrogens is 356 g/mol. The number of carbonyl (C=O) groups is 3. The first kappa shape index (κ1) is 17.9. The number of hydrogen-bond donors (Lipinski definition) is 0. The summed E-state index contributed by atoms with van der Waals surface area (Å²) in [4.78, 5) is 36.2. The number of ether oxygens (including phenoxy) is 2. The molecule has 0 atom stereocenters. The smallest absolute Gasteiger partial charge is 0.345 e. The second kappa shape index (κ2) is 6.93. The molecule has 5 nitrogen and oxygen atoms in total. The van der Waals surface area contributed by atoms with E-state index in [1.165, 1.54) is 0 Å². The first-order valence-corrected chi connectivity index (χ1v) is 9.04. The van der Waals surface area contributed by atoms with Gasteiger partial charge < -0.3 is 9.47 Å². The summed E-state index contributed by atoms with van der Waals surface area (Å²) in [6.45, 7) is 3.55. The second-order valence-corrected chi connectivity index (χ2v) is 7.02. The molecule has 0 unspecified atom stereocenters. The predicted molar refractivity (Wildman–Crippen MR) is 104 cm³/mol. The van der Waals surface area contributed by atoms with Crippen LogP contribution in [0, 0.1) is 5.92 Å². The highest BCUT2D eigenvalue weighted by molar-refractivity contribution is 6.09. The Hall–Kier alpha value is -3.47. The van der Waals surface area contributed by atoms with Crippen molar-refractivity contribution in [2.75, 3.05) is 0 Å². The van der Waals surface area contributed by atoms with Gasteiger partial charge in [0.15, 0.2) is 0 Å². The third kappa shape index (κ3) is 3.05. The maximum atomic E-state index is 12.3. The van der Waals surface area contributed by atoms with Crippen LogP contribution in [0.5, 0.6) is 0 Å². The Balaban J connectivity index is 1.87. The van der Waals surface area contributed by atoms with Crippen LogP contribution in [-0.4, -0.2) is 17.9 Å². The normalized spacial score (nSPS) is 12.8. The number of carbonyl (C=O) groups excluding carboxylic acids is 3.